The summed E-state index contributed by atoms with van der Waals surface area (Å²) in [6, 6.07) is 0. The van der Waals surface area contributed by atoms with E-state index in [1.807, 2.05) is 0 Å². The van der Waals surface area contributed by atoms with Crippen LogP contribution in [0.2, 0.25) is 0 Å². The molecule has 0 amide bonds. The molecule has 1 aliphatic rings. The van der Waals surface area contributed by atoms with Crippen LogP contribution in [0.3, 0.4) is 0 Å². The highest BCUT2D eigenvalue weighted by atomic mass is 127. The molecule has 11 heavy (non-hydrogen) atoms. The Hall–Kier alpha value is 0.290. The number of halogens is 1. The smallest absolute Gasteiger partial charge is 0.0645 e. The molecule has 2 nitrogen and oxygen atoms in total. The average molecular weight is 282 g/mol. The highest BCUT2D eigenvalue weighted by Gasteiger charge is 2.13. The SMILES string of the molecule is CC1=C(C)/C(=N/NSI)CC1. The van der Waals surface area contributed by atoms with Crippen LogP contribution in [0, 0.1) is 0 Å². The van der Waals surface area contributed by atoms with Crippen LogP contribution in [0.1, 0.15) is 26.7 Å². The molecule has 0 heterocycles. The lowest BCUT2D eigenvalue weighted by Gasteiger charge is -1.97. The zero-order valence-corrected chi connectivity index (χ0v) is 9.62. The molecule has 0 saturated carbocycles. The normalized spacial score (nSPS) is 21.5. The summed E-state index contributed by atoms with van der Waals surface area (Å²) in [5.74, 6) is 0. The summed E-state index contributed by atoms with van der Waals surface area (Å²) in [7, 11) is 1.50. The van der Waals surface area contributed by atoms with Gasteiger partial charge in [-0.05, 0) is 32.3 Å². The Bertz CT molecular complexity index is 210. The number of allylic oxidation sites excluding steroid dienone is 2. The van der Waals surface area contributed by atoms with E-state index in [1.54, 1.807) is 0 Å². The second kappa shape index (κ2) is 4.35. The van der Waals surface area contributed by atoms with Crippen molar-refractivity contribution in [2.75, 3.05) is 0 Å². The zero-order valence-electron chi connectivity index (χ0n) is 6.65. The molecule has 0 unspecified atom stereocenters. The van der Waals surface area contributed by atoms with E-state index in [4.69, 9.17) is 0 Å². The Morgan fingerprint density at radius 3 is 2.64 bits per heavy atom. The number of nitrogens with zero attached hydrogens (tertiary/aromatic N) is 1. The summed E-state index contributed by atoms with van der Waals surface area (Å²) < 4.78 is 0. The van der Waals surface area contributed by atoms with Gasteiger partial charge in [0.05, 0.1) is 5.71 Å². The van der Waals surface area contributed by atoms with Crippen molar-refractivity contribution in [1.29, 1.82) is 0 Å². The van der Waals surface area contributed by atoms with Gasteiger partial charge in [-0.2, -0.15) is 5.10 Å². The monoisotopic (exact) mass is 282 g/mol. The first-order valence-corrected chi connectivity index (χ1v) is 6.87. The molecule has 0 radical (unpaired) electrons. The van der Waals surface area contributed by atoms with Crippen molar-refractivity contribution in [1.82, 2.24) is 4.83 Å². The zero-order chi connectivity index (χ0) is 8.27. The average Bonchev–Trinajstić information content (AvgIpc) is 2.31. The van der Waals surface area contributed by atoms with E-state index in [0.29, 0.717) is 0 Å². The number of nitrogens with one attached hydrogen (secondary N) is 1. The number of hydrogen-bond donors (Lipinski definition) is 1. The maximum atomic E-state index is 4.24. The highest BCUT2D eigenvalue weighted by molar-refractivity contribution is 14.2. The van der Waals surface area contributed by atoms with Gasteiger partial charge < -0.3 is 0 Å². The van der Waals surface area contributed by atoms with E-state index in [0.717, 1.165) is 6.42 Å². The van der Waals surface area contributed by atoms with Gasteiger partial charge in [0, 0.05) is 30.3 Å². The molecule has 0 aromatic heterocycles. The van der Waals surface area contributed by atoms with Crippen molar-refractivity contribution in [3.05, 3.63) is 11.1 Å². The van der Waals surface area contributed by atoms with Gasteiger partial charge in [0.25, 0.3) is 0 Å². The summed E-state index contributed by atoms with van der Waals surface area (Å²) in [5.41, 5.74) is 4.05. The van der Waals surface area contributed by atoms with E-state index in [2.05, 4.69) is 45.0 Å². The molecular formula is C7H11IN2S. The van der Waals surface area contributed by atoms with E-state index < -0.39 is 0 Å². The van der Waals surface area contributed by atoms with Crippen molar-refractivity contribution >= 4 is 36.0 Å². The van der Waals surface area contributed by atoms with Crippen molar-refractivity contribution < 1.29 is 0 Å². The Morgan fingerprint density at radius 2 is 2.18 bits per heavy atom. The van der Waals surface area contributed by atoms with Gasteiger partial charge in [0.15, 0.2) is 0 Å². The van der Waals surface area contributed by atoms with Gasteiger partial charge in [0.1, 0.15) is 0 Å². The number of hydrogen-bond acceptors (Lipinski definition) is 3. The Labute approximate surface area is 83.6 Å². The quantitative estimate of drug-likeness (QED) is 0.478. The van der Waals surface area contributed by atoms with Crippen LogP contribution in [0.25, 0.3) is 0 Å². The molecular weight excluding hydrogens is 271 g/mol. The summed E-state index contributed by atoms with van der Waals surface area (Å²) in [5, 5.41) is 4.24. The predicted octanol–water partition coefficient (Wildman–Crippen LogP) is 3.06. The van der Waals surface area contributed by atoms with Crippen LogP contribution >= 0.6 is 30.3 Å². The van der Waals surface area contributed by atoms with Crippen LogP contribution in [-0.4, -0.2) is 5.71 Å². The largest absolute Gasteiger partial charge is 0.242 e. The molecule has 0 aromatic carbocycles. The van der Waals surface area contributed by atoms with Crippen molar-refractivity contribution in [3.63, 3.8) is 0 Å². The molecule has 1 N–H and O–H groups in total. The Morgan fingerprint density at radius 1 is 1.45 bits per heavy atom. The highest BCUT2D eigenvalue weighted by Crippen LogP contribution is 2.22. The first kappa shape index (κ1) is 9.38. The first-order chi connectivity index (χ1) is 5.25. The lowest BCUT2D eigenvalue weighted by molar-refractivity contribution is 1.03. The minimum atomic E-state index is 1.10. The van der Waals surface area contributed by atoms with Crippen LogP contribution < -0.4 is 4.83 Å². The molecule has 62 valence electrons. The summed E-state index contributed by atoms with van der Waals surface area (Å²) in [6.07, 6.45) is 2.28. The molecule has 4 heteroatoms. The van der Waals surface area contributed by atoms with Gasteiger partial charge in [0.2, 0.25) is 0 Å². The van der Waals surface area contributed by atoms with Gasteiger partial charge in [-0.3, -0.25) is 0 Å². The molecule has 0 fully saturated rings. The maximum Gasteiger partial charge on any atom is 0.0645 e. The third-order valence-electron chi connectivity index (χ3n) is 2.02. The molecule has 0 bridgehead atoms. The van der Waals surface area contributed by atoms with Crippen molar-refractivity contribution in [3.8, 4) is 0 Å². The van der Waals surface area contributed by atoms with Crippen LogP contribution in [0.5, 0.6) is 0 Å². The minimum Gasteiger partial charge on any atom is -0.242 e. The van der Waals surface area contributed by atoms with Crippen molar-refractivity contribution in [2.24, 2.45) is 5.10 Å². The number of rotatable bonds is 2. The maximum absolute atomic E-state index is 4.24. The predicted molar refractivity (Wildman–Crippen MR) is 59.8 cm³/mol. The summed E-state index contributed by atoms with van der Waals surface area (Å²) >= 11 is 2.17. The van der Waals surface area contributed by atoms with Gasteiger partial charge in [-0.25, -0.2) is 4.83 Å². The standard InChI is InChI=1S/C7H11IN2S/c1-5-3-4-7(6(5)2)9-10-11-8/h10H,3-4H2,1-2H3/b9-7+. The van der Waals surface area contributed by atoms with Gasteiger partial charge >= 0.3 is 0 Å². The molecule has 0 saturated heterocycles. The Kier molecular flexibility index (Phi) is 3.71. The van der Waals surface area contributed by atoms with Crippen LogP contribution in [0.15, 0.2) is 16.2 Å². The molecule has 0 spiro atoms. The summed E-state index contributed by atoms with van der Waals surface area (Å²) in [4.78, 5) is 2.90. The van der Waals surface area contributed by atoms with E-state index in [9.17, 15) is 0 Å². The molecule has 0 aromatic rings. The fourth-order valence-corrected chi connectivity index (χ4v) is 1.58. The van der Waals surface area contributed by atoms with E-state index >= 15 is 0 Å². The molecule has 0 aliphatic heterocycles. The Balaban J connectivity index is 2.62. The second-order valence-corrected chi connectivity index (χ2v) is 4.29. The first-order valence-electron chi connectivity index (χ1n) is 3.51. The minimum absolute atomic E-state index is 1.10. The third kappa shape index (κ3) is 2.37. The topological polar surface area (TPSA) is 24.4 Å². The van der Waals surface area contributed by atoms with E-state index in [1.165, 1.54) is 32.4 Å². The second-order valence-electron chi connectivity index (χ2n) is 2.63. The fourth-order valence-electron chi connectivity index (χ4n) is 1.14. The van der Waals surface area contributed by atoms with Gasteiger partial charge in [-0.1, -0.05) is 5.57 Å². The lowest BCUT2D eigenvalue weighted by Crippen LogP contribution is -1.99. The van der Waals surface area contributed by atoms with Crippen molar-refractivity contribution in [2.45, 2.75) is 26.7 Å². The fraction of sp³-hybridized carbons (Fsp3) is 0.571. The summed E-state index contributed by atoms with van der Waals surface area (Å²) in [6.45, 7) is 4.32. The molecule has 1 aliphatic carbocycles. The van der Waals surface area contributed by atoms with Crippen LogP contribution in [0.4, 0.5) is 0 Å². The molecule has 0 atom stereocenters. The van der Waals surface area contributed by atoms with Gasteiger partial charge in [-0.15, -0.1) is 0 Å². The van der Waals surface area contributed by atoms with Crippen LogP contribution in [-0.2, 0) is 0 Å². The third-order valence-corrected chi connectivity index (χ3v) is 2.78. The van der Waals surface area contributed by atoms with E-state index in [-0.39, 0.29) is 0 Å². The lowest BCUT2D eigenvalue weighted by atomic mass is 10.2. The number of hydrazone groups is 1. The molecule has 1 rings (SSSR count).